The first-order valence-electron chi connectivity index (χ1n) is 4.05. The number of H-pyrrole nitrogens is 1. The maximum Gasteiger partial charge on any atom is 0.158 e. The normalized spacial score (nSPS) is 11.2. The summed E-state index contributed by atoms with van der Waals surface area (Å²) in [5.41, 5.74) is 1.03. The molecule has 0 atom stereocenters. The number of hydrogen-bond donors (Lipinski definition) is 1. The fraction of sp³-hybridized carbons (Fsp3) is 0.300. The standard InChI is InChI=1S/C10H13NO/c1-8(2)10(12)4-3-9-5-6-11-7-9/h3-8,11H,1-2H3/b4-3+. The molecule has 1 aromatic rings. The van der Waals surface area contributed by atoms with Crippen LogP contribution in [0.5, 0.6) is 0 Å². The largest absolute Gasteiger partial charge is 0.367 e. The predicted octanol–water partition coefficient (Wildman–Crippen LogP) is 2.25. The summed E-state index contributed by atoms with van der Waals surface area (Å²) in [5.74, 6) is 0.247. The molecular weight excluding hydrogens is 150 g/mol. The predicted molar refractivity (Wildman–Crippen MR) is 49.7 cm³/mol. The van der Waals surface area contributed by atoms with Crippen molar-refractivity contribution in [3.05, 3.63) is 30.1 Å². The zero-order valence-corrected chi connectivity index (χ0v) is 7.37. The second-order valence-corrected chi connectivity index (χ2v) is 3.03. The fourth-order valence-electron chi connectivity index (χ4n) is 0.811. The van der Waals surface area contributed by atoms with Crippen molar-refractivity contribution < 1.29 is 4.79 Å². The van der Waals surface area contributed by atoms with Gasteiger partial charge in [0.15, 0.2) is 5.78 Å². The van der Waals surface area contributed by atoms with Gasteiger partial charge in [-0.15, -0.1) is 0 Å². The molecular formula is C10H13NO. The average Bonchev–Trinajstić information content (AvgIpc) is 2.51. The van der Waals surface area contributed by atoms with Crippen LogP contribution in [0.4, 0.5) is 0 Å². The third-order valence-electron chi connectivity index (χ3n) is 1.63. The molecule has 2 heteroatoms. The maximum atomic E-state index is 11.1. The molecule has 64 valence electrons. The molecule has 0 aliphatic carbocycles. The Kier molecular flexibility index (Phi) is 2.86. The van der Waals surface area contributed by atoms with E-state index >= 15 is 0 Å². The number of carbonyl (C=O) groups excluding carboxylic acids is 1. The molecule has 0 unspecified atom stereocenters. The number of ketones is 1. The first-order chi connectivity index (χ1) is 5.70. The lowest BCUT2D eigenvalue weighted by Gasteiger charge is -1.95. The van der Waals surface area contributed by atoms with Crippen molar-refractivity contribution >= 4 is 11.9 Å². The van der Waals surface area contributed by atoms with Crippen molar-refractivity contribution in [1.29, 1.82) is 0 Å². The molecule has 0 fully saturated rings. The lowest BCUT2D eigenvalue weighted by Crippen LogP contribution is -2.01. The van der Waals surface area contributed by atoms with Gasteiger partial charge in [-0.25, -0.2) is 0 Å². The summed E-state index contributed by atoms with van der Waals surface area (Å²) in [6.45, 7) is 3.79. The highest BCUT2D eigenvalue weighted by Gasteiger charge is 2.00. The summed E-state index contributed by atoms with van der Waals surface area (Å²) in [6, 6.07) is 1.92. The van der Waals surface area contributed by atoms with Gasteiger partial charge in [0.2, 0.25) is 0 Å². The van der Waals surface area contributed by atoms with Crippen LogP contribution in [0.1, 0.15) is 19.4 Å². The van der Waals surface area contributed by atoms with Crippen molar-refractivity contribution in [2.75, 3.05) is 0 Å². The molecule has 0 aliphatic rings. The first-order valence-corrected chi connectivity index (χ1v) is 4.05. The smallest absolute Gasteiger partial charge is 0.158 e. The van der Waals surface area contributed by atoms with Crippen molar-refractivity contribution in [2.24, 2.45) is 5.92 Å². The Labute approximate surface area is 72.3 Å². The van der Waals surface area contributed by atoms with Crippen molar-refractivity contribution in [1.82, 2.24) is 4.98 Å². The van der Waals surface area contributed by atoms with E-state index < -0.39 is 0 Å². The van der Waals surface area contributed by atoms with Crippen LogP contribution in [0, 0.1) is 5.92 Å². The van der Waals surface area contributed by atoms with E-state index in [4.69, 9.17) is 0 Å². The average molecular weight is 163 g/mol. The van der Waals surface area contributed by atoms with Gasteiger partial charge in [-0.05, 0) is 23.8 Å². The van der Waals surface area contributed by atoms with Gasteiger partial charge >= 0.3 is 0 Å². The van der Waals surface area contributed by atoms with Gasteiger partial charge in [0.1, 0.15) is 0 Å². The van der Waals surface area contributed by atoms with Crippen LogP contribution in [0.15, 0.2) is 24.5 Å². The second-order valence-electron chi connectivity index (χ2n) is 3.03. The van der Waals surface area contributed by atoms with Gasteiger partial charge in [0, 0.05) is 18.3 Å². The van der Waals surface area contributed by atoms with E-state index in [1.54, 1.807) is 6.08 Å². The Morgan fingerprint density at radius 2 is 2.33 bits per heavy atom. The summed E-state index contributed by atoms with van der Waals surface area (Å²) in [7, 11) is 0. The number of rotatable bonds is 3. The molecule has 1 N–H and O–H groups in total. The van der Waals surface area contributed by atoms with Crippen LogP contribution >= 0.6 is 0 Å². The van der Waals surface area contributed by atoms with Crippen LogP contribution < -0.4 is 0 Å². The molecule has 0 saturated carbocycles. The molecule has 0 amide bonds. The first kappa shape index (κ1) is 8.78. The van der Waals surface area contributed by atoms with Gasteiger partial charge in [-0.1, -0.05) is 13.8 Å². The summed E-state index contributed by atoms with van der Waals surface area (Å²) in [4.78, 5) is 14.1. The Morgan fingerprint density at radius 1 is 1.58 bits per heavy atom. The third kappa shape index (κ3) is 2.38. The lowest BCUT2D eigenvalue weighted by molar-refractivity contribution is -0.117. The highest BCUT2D eigenvalue weighted by Crippen LogP contribution is 2.02. The molecule has 1 heterocycles. The maximum absolute atomic E-state index is 11.1. The molecule has 0 spiro atoms. The number of allylic oxidation sites excluding steroid dienone is 1. The Balaban J connectivity index is 2.57. The monoisotopic (exact) mass is 163 g/mol. The van der Waals surface area contributed by atoms with Crippen molar-refractivity contribution in [3.63, 3.8) is 0 Å². The minimum absolute atomic E-state index is 0.0835. The van der Waals surface area contributed by atoms with Gasteiger partial charge in [-0.3, -0.25) is 4.79 Å². The third-order valence-corrected chi connectivity index (χ3v) is 1.63. The molecule has 0 aromatic carbocycles. The van der Waals surface area contributed by atoms with E-state index in [-0.39, 0.29) is 11.7 Å². The highest BCUT2D eigenvalue weighted by atomic mass is 16.1. The van der Waals surface area contributed by atoms with Crippen molar-refractivity contribution in [2.45, 2.75) is 13.8 Å². The van der Waals surface area contributed by atoms with E-state index in [1.165, 1.54) is 0 Å². The van der Waals surface area contributed by atoms with E-state index in [0.717, 1.165) is 5.56 Å². The van der Waals surface area contributed by atoms with E-state index in [2.05, 4.69) is 4.98 Å². The van der Waals surface area contributed by atoms with E-state index in [9.17, 15) is 4.79 Å². The molecule has 1 rings (SSSR count). The minimum Gasteiger partial charge on any atom is -0.367 e. The van der Waals surface area contributed by atoms with E-state index in [0.29, 0.717) is 0 Å². The van der Waals surface area contributed by atoms with Gasteiger partial charge in [0.25, 0.3) is 0 Å². The quantitative estimate of drug-likeness (QED) is 0.681. The second kappa shape index (κ2) is 3.90. The molecule has 12 heavy (non-hydrogen) atoms. The van der Waals surface area contributed by atoms with Gasteiger partial charge < -0.3 is 4.98 Å². The van der Waals surface area contributed by atoms with Crippen LogP contribution in [-0.4, -0.2) is 10.8 Å². The summed E-state index contributed by atoms with van der Waals surface area (Å²) in [6.07, 6.45) is 7.12. The zero-order chi connectivity index (χ0) is 8.97. The van der Waals surface area contributed by atoms with Crippen LogP contribution in [0.25, 0.3) is 6.08 Å². The Hall–Kier alpha value is -1.31. The summed E-state index contributed by atoms with van der Waals surface area (Å²) in [5, 5.41) is 0. The molecule has 2 nitrogen and oxygen atoms in total. The minimum atomic E-state index is 0.0835. The number of carbonyl (C=O) groups is 1. The summed E-state index contributed by atoms with van der Waals surface area (Å²) < 4.78 is 0. The molecule has 0 aliphatic heterocycles. The van der Waals surface area contributed by atoms with Crippen LogP contribution in [0.2, 0.25) is 0 Å². The number of hydrogen-bond acceptors (Lipinski definition) is 1. The van der Waals surface area contributed by atoms with Gasteiger partial charge in [0.05, 0.1) is 0 Å². The molecule has 1 aromatic heterocycles. The number of nitrogens with one attached hydrogen (secondary N) is 1. The molecule has 0 saturated heterocycles. The van der Waals surface area contributed by atoms with Crippen molar-refractivity contribution in [3.8, 4) is 0 Å². The highest BCUT2D eigenvalue weighted by molar-refractivity contribution is 5.94. The SMILES string of the molecule is CC(C)C(=O)/C=C/c1cc[nH]c1. The number of aromatic amines is 1. The lowest BCUT2D eigenvalue weighted by atomic mass is 10.1. The summed E-state index contributed by atoms with van der Waals surface area (Å²) >= 11 is 0. The van der Waals surface area contributed by atoms with Crippen LogP contribution in [0.3, 0.4) is 0 Å². The number of aromatic nitrogens is 1. The van der Waals surface area contributed by atoms with Crippen LogP contribution in [-0.2, 0) is 4.79 Å². The fourth-order valence-corrected chi connectivity index (χ4v) is 0.811. The Bertz CT molecular complexity index is 270. The Morgan fingerprint density at radius 3 is 2.83 bits per heavy atom. The van der Waals surface area contributed by atoms with Gasteiger partial charge in [-0.2, -0.15) is 0 Å². The zero-order valence-electron chi connectivity index (χ0n) is 7.37. The topological polar surface area (TPSA) is 32.9 Å². The van der Waals surface area contributed by atoms with E-state index in [1.807, 2.05) is 38.4 Å². The molecule has 0 radical (unpaired) electrons. The molecule has 0 bridgehead atoms.